The van der Waals surface area contributed by atoms with Crippen LogP contribution < -0.4 is 14.8 Å². The maximum absolute atomic E-state index is 6.06. The molecule has 3 nitrogen and oxygen atoms in total. The molecule has 16 heavy (non-hydrogen) atoms. The fourth-order valence-corrected chi connectivity index (χ4v) is 1.65. The summed E-state index contributed by atoms with van der Waals surface area (Å²) in [6.07, 6.45) is 0. The van der Waals surface area contributed by atoms with Gasteiger partial charge in [0, 0.05) is 6.54 Å². The van der Waals surface area contributed by atoms with Crippen LogP contribution in [0.4, 0.5) is 0 Å². The summed E-state index contributed by atoms with van der Waals surface area (Å²) < 4.78 is 10.3. The molecule has 0 radical (unpaired) electrons. The number of nitrogens with one attached hydrogen (secondary N) is 1. The van der Waals surface area contributed by atoms with E-state index in [2.05, 4.69) is 12.2 Å². The van der Waals surface area contributed by atoms with E-state index >= 15 is 0 Å². The van der Waals surface area contributed by atoms with Crippen LogP contribution in [0.3, 0.4) is 0 Å². The Morgan fingerprint density at radius 3 is 2.44 bits per heavy atom. The highest BCUT2D eigenvalue weighted by Gasteiger charge is 2.10. The molecular weight excluding hydrogens is 249 g/mol. The van der Waals surface area contributed by atoms with Crippen LogP contribution in [0.2, 0.25) is 5.02 Å². The van der Waals surface area contributed by atoms with Crippen molar-refractivity contribution in [2.24, 2.45) is 0 Å². The van der Waals surface area contributed by atoms with Crippen LogP contribution in [0.15, 0.2) is 12.1 Å². The normalized spacial score (nSPS) is 9.50. The Balaban J connectivity index is 0.00000225. The lowest BCUT2D eigenvalue weighted by Crippen LogP contribution is -2.11. The standard InChI is InChI=1S/C11H16ClNO2.ClH/c1-4-13-7-8-5-9(12)11(15-3)10(6-8)14-2;/h5-6,13H,4,7H2,1-3H3;1H. The molecule has 0 saturated carbocycles. The van der Waals surface area contributed by atoms with E-state index in [1.807, 2.05) is 12.1 Å². The van der Waals surface area contributed by atoms with Gasteiger partial charge in [0.1, 0.15) is 0 Å². The monoisotopic (exact) mass is 265 g/mol. The van der Waals surface area contributed by atoms with Crippen LogP contribution in [0.1, 0.15) is 12.5 Å². The first-order valence-electron chi connectivity index (χ1n) is 4.84. The number of rotatable bonds is 5. The molecule has 1 aromatic carbocycles. The number of halogens is 2. The second kappa shape index (κ2) is 7.60. The van der Waals surface area contributed by atoms with E-state index in [4.69, 9.17) is 21.1 Å². The quantitative estimate of drug-likeness (QED) is 0.888. The molecule has 92 valence electrons. The lowest BCUT2D eigenvalue weighted by molar-refractivity contribution is 0.354. The minimum atomic E-state index is 0. The van der Waals surface area contributed by atoms with Crippen LogP contribution in [0, 0.1) is 0 Å². The average Bonchev–Trinajstić information content (AvgIpc) is 2.25. The Hall–Kier alpha value is -0.640. The Labute approximate surface area is 107 Å². The fraction of sp³-hybridized carbons (Fsp3) is 0.455. The smallest absolute Gasteiger partial charge is 0.179 e. The minimum Gasteiger partial charge on any atom is -0.493 e. The van der Waals surface area contributed by atoms with Crippen molar-refractivity contribution in [3.63, 3.8) is 0 Å². The van der Waals surface area contributed by atoms with Crippen molar-refractivity contribution in [1.82, 2.24) is 5.32 Å². The summed E-state index contributed by atoms with van der Waals surface area (Å²) in [5.41, 5.74) is 1.08. The molecule has 1 aromatic rings. The predicted octanol–water partition coefficient (Wildman–Crippen LogP) is 2.89. The van der Waals surface area contributed by atoms with Gasteiger partial charge >= 0.3 is 0 Å². The summed E-state index contributed by atoms with van der Waals surface area (Å²) in [6.45, 7) is 3.75. The molecule has 0 heterocycles. The van der Waals surface area contributed by atoms with Gasteiger partial charge in [-0.05, 0) is 24.2 Å². The molecule has 0 aliphatic rings. The van der Waals surface area contributed by atoms with Gasteiger partial charge in [0.2, 0.25) is 0 Å². The first-order chi connectivity index (χ1) is 7.22. The van der Waals surface area contributed by atoms with Gasteiger partial charge in [0.15, 0.2) is 11.5 Å². The number of benzene rings is 1. The molecule has 0 bridgehead atoms. The maximum atomic E-state index is 6.06. The van der Waals surface area contributed by atoms with Crippen molar-refractivity contribution >= 4 is 24.0 Å². The van der Waals surface area contributed by atoms with Gasteiger partial charge in [-0.15, -0.1) is 12.4 Å². The van der Waals surface area contributed by atoms with E-state index < -0.39 is 0 Å². The second-order valence-electron chi connectivity index (χ2n) is 3.09. The zero-order valence-corrected chi connectivity index (χ0v) is 11.2. The Bertz CT molecular complexity index is 332. The van der Waals surface area contributed by atoms with E-state index in [0.29, 0.717) is 16.5 Å². The van der Waals surface area contributed by atoms with Crippen LogP contribution in [0.5, 0.6) is 11.5 Å². The minimum absolute atomic E-state index is 0. The summed E-state index contributed by atoms with van der Waals surface area (Å²) in [5, 5.41) is 3.80. The Morgan fingerprint density at radius 2 is 1.94 bits per heavy atom. The van der Waals surface area contributed by atoms with E-state index in [0.717, 1.165) is 18.7 Å². The lowest BCUT2D eigenvalue weighted by atomic mass is 10.2. The van der Waals surface area contributed by atoms with E-state index in [1.165, 1.54) is 0 Å². The number of ether oxygens (including phenoxy) is 2. The van der Waals surface area contributed by atoms with Gasteiger partial charge in [0.25, 0.3) is 0 Å². The van der Waals surface area contributed by atoms with Gasteiger partial charge < -0.3 is 14.8 Å². The molecule has 0 aromatic heterocycles. The molecule has 1 N–H and O–H groups in total. The first-order valence-corrected chi connectivity index (χ1v) is 5.21. The van der Waals surface area contributed by atoms with Gasteiger partial charge in [-0.25, -0.2) is 0 Å². The SMILES string of the molecule is CCNCc1cc(Cl)c(OC)c(OC)c1.Cl. The molecule has 0 atom stereocenters. The molecule has 0 unspecified atom stereocenters. The topological polar surface area (TPSA) is 30.5 Å². The molecule has 0 saturated heterocycles. The average molecular weight is 266 g/mol. The van der Waals surface area contributed by atoms with Crippen molar-refractivity contribution < 1.29 is 9.47 Å². The highest BCUT2D eigenvalue weighted by atomic mass is 35.5. The summed E-state index contributed by atoms with van der Waals surface area (Å²) in [7, 11) is 3.18. The van der Waals surface area contributed by atoms with Crippen molar-refractivity contribution in [3.8, 4) is 11.5 Å². The Morgan fingerprint density at radius 1 is 1.25 bits per heavy atom. The van der Waals surface area contributed by atoms with E-state index in [9.17, 15) is 0 Å². The lowest BCUT2D eigenvalue weighted by Gasteiger charge is -2.11. The number of hydrogen-bond acceptors (Lipinski definition) is 3. The van der Waals surface area contributed by atoms with Gasteiger partial charge in [-0.2, -0.15) is 0 Å². The first kappa shape index (κ1) is 15.4. The van der Waals surface area contributed by atoms with Crippen molar-refractivity contribution in [3.05, 3.63) is 22.7 Å². The highest BCUT2D eigenvalue weighted by Crippen LogP contribution is 2.35. The number of hydrogen-bond donors (Lipinski definition) is 1. The molecule has 0 aliphatic heterocycles. The maximum Gasteiger partial charge on any atom is 0.179 e. The largest absolute Gasteiger partial charge is 0.493 e. The van der Waals surface area contributed by atoms with Crippen molar-refractivity contribution in [2.75, 3.05) is 20.8 Å². The Kier molecular flexibility index (Phi) is 7.30. The predicted molar refractivity (Wildman–Crippen MR) is 69.2 cm³/mol. The molecular formula is C11H17Cl2NO2. The fourth-order valence-electron chi connectivity index (χ4n) is 1.34. The molecule has 0 spiro atoms. The zero-order chi connectivity index (χ0) is 11.3. The summed E-state index contributed by atoms with van der Waals surface area (Å²) in [4.78, 5) is 0. The zero-order valence-electron chi connectivity index (χ0n) is 9.67. The second-order valence-corrected chi connectivity index (χ2v) is 3.50. The van der Waals surface area contributed by atoms with Gasteiger partial charge in [-0.1, -0.05) is 18.5 Å². The van der Waals surface area contributed by atoms with Crippen molar-refractivity contribution in [2.45, 2.75) is 13.5 Å². The van der Waals surface area contributed by atoms with E-state index in [1.54, 1.807) is 14.2 Å². The third-order valence-electron chi connectivity index (χ3n) is 2.07. The number of methoxy groups -OCH3 is 2. The third kappa shape index (κ3) is 3.74. The highest BCUT2D eigenvalue weighted by molar-refractivity contribution is 6.32. The molecule has 0 amide bonds. The molecule has 0 fully saturated rings. The van der Waals surface area contributed by atoms with Crippen LogP contribution in [0.25, 0.3) is 0 Å². The summed E-state index contributed by atoms with van der Waals surface area (Å²) in [6, 6.07) is 3.80. The summed E-state index contributed by atoms with van der Waals surface area (Å²) >= 11 is 6.06. The van der Waals surface area contributed by atoms with Gasteiger partial charge in [-0.3, -0.25) is 0 Å². The third-order valence-corrected chi connectivity index (χ3v) is 2.35. The van der Waals surface area contributed by atoms with Crippen LogP contribution in [-0.4, -0.2) is 20.8 Å². The molecule has 5 heteroatoms. The molecule has 1 rings (SSSR count). The summed E-state index contributed by atoms with van der Waals surface area (Å²) in [5.74, 6) is 1.25. The van der Waals surface area contributed by atoms with E-state index in [-0.39, 0.29) is 12.4 Å². The van der Waals surface area contributed by atoms with Gasteiger partial charge in [0.05, 0.1) is 19.2 Å². The van der Waals surface area contributed by atoms with Crippen molar-refractivity contribution in [1.29, 1.82) is 0 Å². The van der Waals surface area contributed by atoms with Crippen LogP contribution >= 0.6 is 24.0 Å². The van der Waals surface area contributed by atoms with Crippen LogP contribution in [-0.2, 0) is 6.54 Å². The molecule has 0 aliphatic carbocycles.